The molecule has 0 bridgehead atoms. The topological polar surface area (TPSA) is 46.9 Å². The number of benzene rings is 1. The number of carbonyl (C=O) groups excluding carboxylic acids is 1. The van der Waals surface area contributed by atoms with Crippen molar-refractivity contribution < 1.29 is 4.79 Å². The van der Waals surface area contributed by atoms with E-state index in [-0.39, 0.29) is 5.91 Å². The lowest BCUT2D eigenvalue weighted by atomic mass is 9.90. The Kier molecular flexibility index (Phi) is 3.68. The molecule has 1 aromatic heterocycles. The molecule has 2 aliphatic carbocycles. The van der Waals surface area contributed by atoms with E-state index in [4.69, 9.17) is 0 Å². The molecule has 2 aromatic rings. The van der Waals surface area contributed by atoms with Gasteiger partial charge in [0.1, 0.15) is 5.82 Å². The molecule has 1 atom stereocenters. The van der Waals surface area contributed by atoms with Crippen LogP contribution in [-0.2, 0) is 12.8 Å². The molecule has 4 nitrogen and oxygen atoms in total. The first-order chi connectivity index (χ1) is 11.2. The number of fused-ring (bicyclic) bond motifs is 1. The van der Waals surface area contributed by atoms with E-state index in [1.807, 2.05) is 16.8 Å². The van der Waals surface area contributed by atoms with Crippen LogP contribution < -0.4 is 5.32 Å². The molecule has 1 amide bonds. The first-order valence-electron chi connectivity index (χ1n) is 8.69. The van der Waals surface area contributed by atoms with E-state index >= 15 is 0 Å². The molecule has 1 N–H and O–H groups in total. The molecule has 0 aliphatic heterocycles. The maximum absolute atomic E-state index is 12.6. The Morgan fingerprint density at radius 3 is 2.78 bits per heavy atom. The quantitative estimate of drug-likeness (QED) is 0.928. The molecule has 1 heterocycles. The summed E-state index contributed by atoms with van der Waals surface area (Å²) in [6.07, 6.45) is 9.01. The molecule has 0 radical (unpaired) electrons. The Hall–Kier alpha value is -2.10. The number of hydrogen-bond acceptors (Lipinski definition) is 2. The highest BCUT2D eigenvalue weighted by Gasteiger charge is 2.30. The maximum atomic E-state index is 12.6. The molecular weight excluding hydrogens is 286 g/mol. The average molecular weight is 309 g/mol. The summed E-state index contributed by atoms with van der Waals surface area (Å²) < 4.78 is 1.95. The van der Waals surface area contributed by atoms with Gasteiger partial charge in [-0.15, -0.1) is 0 Å². The van der Waals surface area contributed by atoms with Crippen LogP contribution in [0.1, 0.15) is 60.1 Å². The van der Waals surface area contributed by atoms with Gasteiger partial charge in [-0.3, -0.25) is 4.79 Å². The molecule has 0 saturated heterocycles. The number of anilines is 1. The van der Waals surface area contributed by atoms with Crippen molar-refractivity contribution in [2.75, 3.05) is 5.32 Å². The molecular formula is C19H23N3O. The minimum Gasteiger partial charge on any atom is -0.307 e. The van der Waals surface area contributed by atoms with Gasteiger partial charge in [-0.05, 0) is 74.6 Å². The Labute approximate surface area is 136 Å². The minimum absolute atomic E-state index is 0.0388. The van der Waals surface area contributed by atoms with Crippen molar-refractivity contribution in [3.63, 3.8) is 0 Å². The molecule has 1 fully saturated rings. The number of hydrogen-bond donors (Lipinski definition) is 1. The summed E-state index contributed by atoms with van der Waals surface area (Å²) in [6, 6.07) is 8.37. The number of nitrogens with one attached hydrogen (secondary N) is 1. The Morgan fingerprint density at radius 1 is 1.22 bits per heavy atom. The summed E-state index contributed by atoms with van der Waals surface area (Å²) in [5, 5.41) is 7.43. The Balaban J connectivity index is 1.53. The SMILES string of the molecule is CC(C1CC1)n1nccc1NC(=O)c1ccc2c(c1)CCCC2. The van der Waals surface area contributed by atoms with Crippen LogP contribution in [-0.4, -0.2) is 15.7 Å². The van der Waals surface area contributed by atoms with Crippen LogP contribution in [0.4, 0.5) is 5.82 Å². The number of aryl methyl sites for hydroxylation is 2. The summed E-state index contributed by atoms with van der Waals surface area (Å²) in [5.41, 5.74) is 3.49. The van der Waals surface area contributed by atoms with Crippen LogP contribution in [0.15, 0.2) is 30.5 Å². The normalized spacial score (nSPS) is 18.3. The molecule has 1 saturated carbocycles. The molecule has 2 aliphatic rings. The lowest BCUT2D eigenvalue weighted by Gasteiger charge is -2.17. The monoisotopic (exact) mass is 309 g/mol. The first kappa shape index (κ1) is 14.5. The Bertz CT molecular complexity index is 730. The number of nitrogens with zero attached hydrogens (tertiary/aromatic N) is 2. The van der Waals surface area contributed by atoms with Crippen molar-refractivity contribution in [2.24, 2.45) is 5.92 Å². The second-order valence-electron chi connectivity index (χ2n) is 6.88. The van der Waals surface area contributed by atoms with Crippen LogP contribution in [0.5, 0.6) is 0 Å². The second kappa shape index (κ2) is 5.84. The average Bonchev–Trinajstić information content (AvgIpc) is 3.33. The van der Waals surface area contributed by atoms with Gasteiger partial charge < -0.3 is 5.32 Å². The van der Waals surface area contributed by atoms with E-state index in [0.717, 1.165) is 24.2 Å². The number of aromatic nitrogens is 2. The lowest BCUT2D eigenvalue weighted by molar-refractivity contribution is 0.102. The van der Waals surface area contributed by atoms with Gasteiger partial charge in [0.05, 0.1) is 12.2 Å². The number of carbonyl (C=O) groups is 1. The largest absolute Gasteiger partial charge is 0.307 e. The fraction of sp³-hybridized carbons (Fsp3) is 0.474. The first-order valence-corrected chi connectivity index (χ1v) is 8.69. The van der Waals surface area contributed by atoms with Gasteiger partial charge in [0.2, 0.25) is 0 Å². The molecule has 1 unspecified atom stereocenters. The molecule has 23 heavy (non-hydrogen) atoms. The zero-order chi connectivity index (χ0) is 15.8. The van der Waals surface area contributed by atoms with Crippen LogP contribution in [0.3, 0.4) is 0 Å². The van der Waals surface area contributed by atoms with Crippen LogP contribution >= 0.6 is 0 Å². The van der Waals surface area contributed by atoms with E-state index in [0.29, 0.717) is 12.0 Å². The molecule has 1 aromatic carbocycles. The van der Waals surface area contributed by atoms with Gasteiger partial charge in [-0.1, -0.05) is 6.07 Å². The lowest BCUT2D eigenvalue weighted by Crippen LogP contribution is -2.19. The molecule has 4 rings (SSSR count). The zero-order valence-electron chi connectivity index (χ0n) is 13.6. The predicted molar refractivity (Wildman–Crippen MR) is 90.7 cm³/mol. The third kappa shape index (κ3) is 2.90. The van der Waals surface area contributed by atoms with Gasteiger partial charge in [-0.2, -0.15) is 5.10 Å². The third-order valence-corrected chi connectivity index (χ3v) is 5.21. The zero-order valence-corrected chi connectivity index (χ0v) is 13.6. The highest BCUT2D eigenvalue weighted by atomic mass is 16.1. The van der Waals surface area contributed by atoms with Crippen molar-refractivity contribution in [3.05, 3.63) is 47.2 Å². The van der Waals surface area contributed by atoms with Crippen molar-refractivity contribution in [1.29, 1.82) is 0 Å². The summed E-state index contributed by atoms with van der Waals surface area (Å²) >= 11 is 0. The van der Waals surface area contributed by atoms with E-state index in [9.17, 15) is 4.79 Å². The highest BCUT2D eigenvalue weighted by molar-refractivity contribution is 6.04. The third-order valence-electron chi connectivity index (χ3n) is 5.21. The van der Waals surface area contributed by atoms with Crippen molar-refractivity contribution >= 4 is 11.7 Å². The molecule has 0 spiro atoms. The number of amides is 1. The van der Waals surface area contributed by atoms with Crippen LogP contribution in [0.2, 0.25) is 0 Å². The van der Waals surface area contributed by atoms with Crippen molar-refractivity contribution in [3.8, 4) is 0 Å². The number of rotatable bonds is 4. The minimum atomic E-state index is -0.0388. The van der Waals surface area contributed by atoms with Gasteiger partial charge >= 0.3 is 0 Å². The van der Waals surface area contributed by atoms with Crippen LogP contribution in [0.25, 0.3) is 0 Å². The van der Waals surface area contributed by atoms with Crippen molar-refractivity contribution in [1.82, 2.24) is 9.78 Å². The highest BCUT2D eigenvalue weighted by Crippen LogP contribution is 2.40. The summed E-state index contributed by atoms with van der Waals surface area (Å²) in [7, 11) is 0. The van der Waals surface area contributed by atoms with E-state index in [2.05, 4.69) is 29.5 Å². The Morgan fingerprint density at radius 2 is 2.00 bits per heavy atom. The van der Waals surface area contributed by atoms with Gasteiger partial charge in [0.25, 0.3) is 5.91 Å². The smallest absolute Gasteiger partial charge is 0.256 e. The van der Waals surface area contributed by atoms with Crippen molar-refractivity contribution in [2.45, 2.75) is 51.5 Å². The van der Waals surface area contributed by atoms with Crippen LogP contribution in [0, 0.1) is 5.92 Å². The van der Waals surface area contributed by atoms with Gasteiger partial charge in [-0.25, -0.2) is 4.68 Å². The standard InChI is InChI=1S/C19H23N3O/c1-13(14-6-7-14)22-18(10-11-20-22)21-19(23)17-9-8-15-4-2-3-5-16(15)12-17/h8-14H,2-7H2,1H3,(H,21,23). The molecule has 120 valence electrons. The summed E-state index contributed by atoms with van der Waals surface area (Å²) in [5.74, 6) is 1.46. The van der Waals surface area contributed by atoms with Gasteiger partial charge in [0.15, 0.2) is 0 Å². The van der Waals surface area contributed by atoms with E-state index in [1.165, 1.54) is 36.8 Å². The fourth-order valence-electron chi connectivity index (χ4n) is 3.58. The van der Waals surface area contributed by atoms with E-state index < -0.39 is 0 Å². The molecule has 4 heteroatoms. The van der Waals surface area contributed by atoms with Gasteiger partial charge in [0, 0.05) is 11.6 Å². The predicted octanol–water partition coefficient (Wildman–Crippen LogP) is 3.99. The summed E-state index contributed by atoms with van der Waals surface area (Å²) in [6.45, 7) is 2.18. The fourth-order valence-corrected chi connectivity index (χ4v) is 3.58. The second-order valence-corrected chi connectivity index (χ2v) is 6.88. The maximum Gasteiger partial charge on any atom is 0.256 e. The van der Waals surface area contributed by atoms with E-state index in [1.54, 1.807) is 6.20 Å². The summed E-state index contributed by atoms with van der Waals surface area (Å²) in [4.78, 5) is 12.6.